The molecule has 0 aromatic rings. The molecule has 0 spiro atoms. The standard InChI is InChI=1S/C11H22OSi/c1-8-10(11(3,4)9-2)12-13(5,6)7/h8-9H,2H2,1,3-7H3/b10-8-. The van der Waals surface area contributed by atoms with Gasteiger partial charge >= 0.3 is 0 Å². The van der Waals surface area contributed by atoms with Crippen LogP contribution in [0.5, 0.6) is 0 Å². The molecule has 0 unspecified atom stereocenters. The van der Waals surface area contributed by atoms with Gasteiger partial charge in [-0.05, 0) is 40.4 Å². The molecule has 76 valence electrons. The molecule has 0 aromatic heterocycles. The highest BCUT2D eigenvalue weighted by Crippen LogP contribution is 2.30. The molecule has 0 N–H and O–H groups in total. The van der Waals surface area contributed by atoms with Crippen LogP contribution < -0.4 is 0 Å². The van der Waals surface area contributed by atoms with Crippen LogP contribution in [0.25, 0.3) is 0 Å². The van der Waals surface area contributed by atoms with E-state index in [1.165, 1.54) is 0 Å². The highest BCUT2D eigenvalue weighted by atomic mass is 28.4. The van der Waals surface area contributed by atoms with E-state index in [1.807, 2.05) is 19.1 Å². The van der Waals surface area contributed by atoms with Gasteiger partial charge in [0.2, 0.25) is 8.32 Å². The minimum atomic E-state index is -1.48. The Hall–Kier alpha value is -0.503. The predicted molar refractivity (Wildman–Crippen MR) is 62.2 cm³/mol. The van der Waals surface area contributed by atoms with Gasteiger partial charge in [0, 0.05) is 5.41 Å². The Morgan fingerprint density at radius 1 is 1.31 bits per heavy atom. The molecule has 1 nitrogen and oxygen atoms in total. The first-order valence-corrected chi connectivity index (χ1v) is 8.13. The van der Waals surface area contributed by atoms with Crippen molar-refractivity contribution in [1.82, 2.24) is 0 Å². The number of hydrogen-bond acceptors (Lipinski definition) is 1. The van der Waals surface area contributed by atoms with Gasteiger partial charge in [0.25, 0.3) is 0 Å². The Morgan fingerprint density at radius 3 is 2.00 bits per heavy atom. The molecule has 13 heavy (non-hydrogen) atoms. The zero-order chi connectivity index (χ0) is 10.7. The van der Waals surface area contributed by atoms with Crippen molar-refractivity contribution in [2.24, 2.45) is 5.41 Å². The molecule has 0 aliphatic heterocycles. The zero-order valence-electron chi connectivity index (χ0n) is 9.77. The molecular weight excluding hydrogens is 176 g/mol. The first kappa shape index (κ1) is 12.5. The summed E-state index contributed by atoms with van der Waals surface area (Å²) >= 11 is 0. The van der Waals surface area contributed by atoms with Gasteiger partial charge in [-0.15, -0.1) is 6.58 Å². The Kier molecular flexibility index (Phi) is 3.98. The average molecular weight is 198 g/mol. The number of rotatable bonds is 4. The Morgan fingerprint density at radius 2 is 1.77 bits per heavy atom. The normalized spacial score (nSPS) is 14.2. The molecule has 2 heteroatoms. The van der Waals surface area contributed by atoms with Crippen LogP contribution >= 0.6 is 0 Å². The van der Waals surface area contributed by atoms with E-state index in [1.54, 1.807) is 0 Å². The predicted octanol–water partition coefficient (Wildman–Crippen LogP) is 3.95. The lowest BCUT2D eigenvalue weighted by molar-refractivity contribution is 0.314. The molecule has 0 atom stereocenters. The van der Waals surface area contributed by atoms with Crippen molar-refractivity contribution < 1.29 is 4.43 Å². The second-order valence-electron chi connectivity index (χ2n) is 4.79. The summed E-state index contributed by atoms with van der Waals surface area (Å²) in [7, 11) is -1.48. The van der Waals surface area contributed by atoms with Crippen LogP contribution in [0.2, 0.25) is 19.6 Å². The summed E-state index contributed by atoms with van der Waals surface area (Å²) in [5, 5.41) is 0. The van der Waals surface area contributed by atoms with Gasteiger partial charge in [0.15, 0.2) is 0 Å². The summed E-state index contributed by atoms with van der Waals surface area (Å²) in [6, 6.07) is 0. The van der Waals surface area contributed by atoms with Gasteiger partial charge in [0.05, 0.1) is 5.76 Å². The van der Waals surface area contributed by atoms with Crippen LogP contribution in [-0.4, -0.2) is 8.32 Å². The van der Waals surface area contributed by atoms with E-state index in [2.05, 4.69) is 40.1 Å². The van der Waals surface area contributed by atoms with Gasteiger partial charge in [-0.2, -0.15) is 0 Å². The number of hydrogen-bond donors (Lipinski definition) is 0. The minimum absolute atomic E-state index is 0.0466. The fraction of sp³-hybridized carbons (Fsp3) is 0.636. The Balaban J connectivity index is 4.66. The average Bonchev–Trinajstić information content (AvgIpc) is 1.98. The van der Waals surface area contributed by atoms with Gasteiger partial charge < -0.3 is 4.43 Å². The third kappa shape index (κ3) is 4.32. The van der Waals surface area contributed by atoms with Crippen LogP contribution in [0.15, 0.2) is 24.5 Å². The molecular formula is C11H22OSi. The van der Waals surface area contributed by atoms with Crippen molar-refractivity contribution in [3.63, 3.8) is 0 Å². The molecule has 0 radical (unpaired) electrons. The van der Waals surface area contributed by atoms with E-state index in [4.69, 9.17) is 4.43 Å². The summed E-state index contributed by atoms with van der Waals surface area (Å²) in [5.41, 5.74) is -0.0466. The van der Waals surface area contributed by atoms with Crippen molar-refractivity contribution in [1.29, 1.82) is 0 Å². The molecule has 0 aliphatic rings. The summed E-state index contributed by atoms with van der Waals surface area (Å²) in [6.45, 7) is 16.7. The Labute approximate surface area is 83.6 Å². The fourth-order valence-electron chi connectivity index (χ4n) is 0.993. The molecule has 0 saturated carbocycles. The third-order valence-corrected chi connectivity index (χ3v) is 2.66. The molecule has 0 rings (SSSR count). The van der Waals surface area contributed by atoms with E-state index in [9.17, 15) is 0 Å². The lowest BCUT2D eigenvalue weighted by Crippen LogP contribution is -2.29. The molecule has 0 fully saturated rings. The largest absolute Gasteiger partial charge is 0.547 e. The molecule has 0 bridgehead atoms. The van der Waals surface area contributed by atoms with E-state index >= 15 is 0 Å². The topological polar surface area (TPSA) is 9.23 Å². The van der Waals surface area contributed by atoms with Crippen LogP contribution in [0.4, 0.5) is 0 Å². The van der Waals surface area contributed by atoms with Crippen molar-refractivity contribution in [3.05, 3.63) is 24.5 Å². The maximum Gasteiger partial charge on any atom is 0.241 e. The van der Waals surface area contributed by atoms with Crippen molar-refractivity contribution in [2.75, 3.05) is 0 Å². The first-order valence-electron chi connectivity index (χ1n) is 4.72. The van der Waals surface area contributed by atoms with Gasteiger partial charge in [-0.3, -0.25) is 0 Å². The highest BCUT2D eigenvalue weighted by molar-refractivity contribution is 6.70. The summed E-state index contributed by atoms with van der Waals surface area (Å²) in [5.74, 6) is 1.04. The van der Waals surface area contributed by atoms with Crippen LogP contribution in [0.3, 0.4) is 0 Å². The lowest BCUT2D eigenvalue weighted by atomic mass is 9.91. The molecule has 0 aromatic carbocycles. The molecule has 0 saturated heterocycles. The maximum absolute atomic E-state index is 5.97. The van der Waals surface area contributed by atoms with E-state index < -0.39 is 8.32 Å². The second kappa shape index (κ2) is 4.14. The van der Waals surface area contributed by atoms with Gasteiger partial charge in [-0.25, -0.2) is 0 Å². The van der Waals surface area contributed by atoms with Crippen LogP contribution in [-0.2, 0) is 4.43 Å². The van der Waals surface area contributed by atoms with Crippen molar-refractivity contribution in [3.8, 4) is 0 Å². The van der Waals surface area contributed by atoms with Gasteiger partial charge in [0.1, 0.15) is 0 Å². The summed E-state index contributed by atoms with van der Waals surface area (Å²) < 4.78 is 5.97. The maximum atomic E-state index is 5.97. The second-order valence-corrected chi connectivity index (χ2v) is 9.22. The van der Waals surface area contributed by atoms with Crippen molar-refractivity contribution >= 4 is 8.32 Å². The SMILES string of the molecule is C=CC(C)(C)/C(=C/C)O[Si](C)(C)C. The highest BCUT2D eigenvalue weighted by Gasteiger charge is 2.25. The van der Waals surface area contributed by atoms with Gasteiger partial charge in [-0.1, -0.05) is 12.2 Å². The monoisotopic (exact) mass is 198 g/mol. The smallest absolute Gasteiger partial charge is 0.241 e. The molecule has 0 heterocycles. The van der Waals surface area contributed by atoms with E-state index in [-0.39, 0.29) is 5.41 Å². The quantitative estimate of drug-likeness (QED) is 0.377. The first-order chi connectivity index (χ1) is 5.73. The Bertz CT molecular complexity index is 209. The summed E-state index contributed by atoms with van der Waals surface area (Å²) in [4.78, 5) is 0. The van der Waals surface area contributed by atoms with E-state index in [0.717, 1.165) is 5.76 Å². The van der Waals surface area contributed by atoms with Crippen LogP contribution in [0.1, 0.15) is 20.8 Å². The third-order valence-electron chi connectivity index (χ3n) is 1.82. The van der Waals surface area contributed by atoms with Crippen LogP contribution in [0, 0.1) is 5.41 Å². The zero-order valence-corrected chi connectivity index (χ0v) is 10.8. The summed E-state index contributed by atoms with van der Waals surface area (Å²) in [6.07, 6.45) is 3.97. The minimum Gasteiger partial charge on any atom is -0.547 e. The molecule has 0 aliphatic carbocycles. The van der Waals surface area contributed by atoms with Crippen molar-refractivity contribution in [2.45, 2.75) is 40.4 Å². The lowest BCUT2D eigenvalue weighted by Gasteiger charge is -2.30. The van der Waals surface area contributed by atoms with E-state index in [0.29, 0.717) is 0 Å². The number of allylic oxidation sites excluding steroid dienone is 2. The fourth-order valence-corrected chi connectivity index (χ4v) is 2.03. The molecule has 0 amide bonds.